The molecule has 0 spiro atoms. The van der Waals surface area contributed by atoms with Crippen LogP contribution < -0.4 is 0 Å². The monoisotopic (exact) mass is 203 g/mol. The zero-order chi connectivity index (χ0) is 10.5. The molecule has 80 valence electrons. The van der Waals surface area contributed by atoms with Crippen molar-refractivity contribution in [3.05, 3.63) is 0 Å². The van der Waals surface area contributed by atoms with E-state index in [0.29, 0.717) is 6.04 Å². The number of rotatable bonds is 6. The molecule has 13 heavy (non-hydrogen) atoms. The first-order chi connectivity index (χ1) is 5.87. The molecular weight excluding hydrogens is 178 g/mol. The first kappa shape index (κ1) is 13.3. The van der Waals surface area contributed by atoms with Crippen LogP contribution in [0.2, 0.25) is 0 Å². The molecule has 2 heteroatoms. The highest BCUT2D eigenvalue weighted by molar-refractivity contribution is 7.81. The van der Waals surface area contributed by atoms with E-state index < -0.39 is 0 Å². The third-order valence-corrected chi connectivity index (χ3v) is 2.59. The molecule has 0 heterocycles. The summed E-state index contributed by atoms with van der Waals surface area (Å²) < 4.78 is 0.191. The Balaban J connectivity index is 3.62. The zero-order valence-electron chi connectivity index (χ0n) is 9.80. The van der Waals surface area contributed by atoms with Crippen molar-refractivity contribution in [2.75, 3.05) is 13.1 Å². The molecule has 0 aromatic heterocycles. The molecule has 0 amide bonds. The van der Waals surface area contributed by atoms with Crippen LogP contribution in [0.3, 0.4) is 0 Å². The minimum atomic E-state index is 0.191. The summed E-state index contributed by atoms with van der Waals surface area (Å²) in [5.41, 5.74) is 0. The maximum atomic E-state index is 4.52. The molecule has 0 unspecified atom stereocenters. The first-order valence-corrected chi connectivity index (χ1v) is 5.78. The molecule has 0 aromatic rings. The average molecular weight is 203 g/mol. The molecule has 0 aromatic carbocycles. The van der Waals surface area contributed by atoms with Gasteiger partial charge in [0.25, 0.3) is 0 Å². The normalized spacial score (nSPS) is 12.9. The Hall–Kier alpha value is 0.310. The summed E-state index contributed by atoms with van der Waals surface area (Å²) in [7, 11) is 0. The standard InChI is InChI=1S/C11H25NS/c1-6-12(10(2)3)9-7-8-11(4,5)13/h10,13H,6-9H2,1-5H3. The van der Waals surface area contributed by atoms with Gasteiger partial charge >= 0.3 is 0 Å². The highest BCUT2D eigenvalue weighted by atomic mass is 32.1. The van der Waals surface area contributed by atoms with Crippen molar-refractivity contribution < 1.29 is 0 Å². The Labute approximate surface area is 89.3 Å². The second kappa shape index (κ2) is 5.92. The van der Waals surface area contributed by atoms with E-state index in [9.17, 15) is 0 Å². The summed E-state index contributed by atoms with van der Waals surface area (Å²) >= 11 is 4.52. The van der Waals surface area contributed by atoms with Crippen LogP contribution in [0.25, 0.3) is 0 Å². The van der Waals surface area contributed by atoms with Gasteiger partial charge in [-0.05, 0) is 39.8 Å². The van der Waals surface area contributed by atoms with Crippen molar-refractivity contribution in [3.8, 4) is 0 Å². The van der Waals surface area contributed by atoms with Crippen LogP contribution in [0.5, 0.6) is 0 Å². The molecule has 0 aliphatic carbocycles. The van der Waals surface area contributed by atoms with E-state index >= 15 is 0 Å². The lowest BCUT2D eigenvalue weighted by Gasteiger charge is -2.26. The molecule has 0 rings (SSSR count). The molecule has 0 atom stereocenters. The fourth-order valence-corrected chi connectivity index (χ4v) is 1.65. The van der Waals surface area contributed by atoms with Gasteiger partial charge in [-0.25, -0.2) is 0 Å². The van der Waals surface area contributed by atoms with Gasteiger partial charge < -0.3 is 4.90 Å². The van der Waals surface area contributed by atoms with Crippen LogP contribution in [-0.2, 0) is 0 Å². The number of thiol groups is 1. The van der Waals surface area contributed by atoms with E-state index in [1.54, 1.807) is 0 Å². The molecule has 0 aliphatic rings. The summed E-state index contributed by atoms with van der Waals surface area (Å²) in [5, 5.41) is 0. The van der Waals surface area contributed by atoms with Gasteiger partial charge in [0.2, 0.25) is 0 Å². The fraction of sp³-hybridized carbons (Fsp3) is 1.00. The average Bonchev–Trinajstić information content (AvgIpc) is 1.95. The van der Waals surface area contributed by atoms with E-state index in [1.807, 2.05) is 0 Å². The van der Waals surface area contributed by atoms with E-state index in [4.69, 9.17) is 0 Å². The lowest BCUT2D eigenvalue weighted by atomic mass is 10.1. The molecule has 0 saturated heterocycles. The molecule has 0 bridgehead atoms. The second-order valence-electron chi connectivity index (χ2n) is 4.64. The van der Waals surface area contributed by atoms with Gasteiger partial charge in [-0.3, -0.25) is 0 Å². The zero-order valence-corrected chi connectivity index (χ0v) is 10.7. The summed E-state index contributed by atoms with van der Waals surface area (Å²) in [6.07, 6.45) is 2.45. The van der Waals surface area contributed by atoms with E-state index in [-0.39, 0.29) is 4.75 Å². The van der Waals surface area contributed by atoms with Gasteiger partial charge in [0.15, 0.2) is 0 Å². The van der Waals surface area contributed by atoms with Crippen molar-refractivity contribution >= 4 is 12.6 Å². The number of hydrogen-bond donors (Lipinski definition) is 1. The third-order valence-electron chi connectivity index (χ3n) is 2.37. The van der Waals surface area contributed by atoms with Crippen molar-refractivity contribution in [3.63, 3.8) is 0 Å². The number of nitrogens with zero attached hydrogens (tertiary/aromatic N) is 1. The summed E-state index contributed by atoms with van der Waals surface area (Å²) in [6.45, 7) is 13.5. The Bertz CT molecular complexity index is 127. The smallest absolute Gasteiger partial charge is 0.00736 e. The van der Waals surface area contributed by atoms with Gasteiger partial charge in [0.05, 0.1) is 0 Å². The molecule has 1 nitrogen and oxygen atoms in total. The van der Waals surface area contributed by atoms with Crippen LogP contribution in [0.15, 0.2) is 0 Å². The minimum absolute atomic E-state index is 0.191. The maximum Gasteiger partial charge on any atom is 0.00736 e. The molecule has 0 fully saturated rings. The summed E-state index contributed by atoms with van der Waals surface area (Å²) in [5.74, 6) is 0. The largest absolute Gasteiger partial charge is 0.301 e. The molecule has 0 saturated carbocycles. The van der Waals surface area contributed by atoms with Crippen LogP contribution in [0.4, 0.5) is 0 Å². The molecule has 0 radical (unpaired) electrons. The Morgan fingerprint density at radius 2 is 1.85 bits per heavy atom. The van der Waals surface area contributed by atoms with E-state index in [1.165, 1.54) is 19.4 Å². The third kappa shape index (κ3) is 7.39. The van der Waals surface area contributed by atoms with Crippen molar-refractivity contribution in [2.24, 2.45) is 0 Å². The van der Waals surface area contributed by atoms with Crippen molar-refractivity contribution in [2.45, 2.75) is 58.2 Å². The number of hydrogen-bond acceptors (Lipinski definition) is 2. The molecule has 0 aliphatic heterocycles. The van der Waals surface area contributed by atoms with Crippen LogP contribution in [-0.4, -0.2) is 28.8 Å². The maximum absolute atomic E-state index is 4.52. The Morgan fingerprint density at radius 1 is 1.31 bits per heavy atom. The minimum Gasteiger partial charge on any atom is -0.301 e. The Kier molecular flexibility index (Phi) is 6.06. The van der Waals surface area contributed by atoms with Crippen molar-refractivity contribution in [1.29, 1.82) is 0 Å². The topological polar surface area (TPSA) is 3.24 Å². The van der Waals surface area contributed by atoms with E-state index in [2.05, 4.69) is 52.1 Å². The first-order valence-electron chi connectivity index (χ1n) is 5.33. The predicted molar refractivity (Wildman–Crippen MR) is 64.7 cm³/mol. The van der Waals surface area contributed by atoms with Gasteiger partial charge in [-0.15, -0.1) is 0 Å². The molecule has 0 N–H and O–H groups in total. The van der Waals surface area contributed by atoms with Crippen LogP contribution in [0.1, 0.15) is 47.5 Å². The van der Waals surface area contributed by atoms with Crippen LogP contribution >= 0.6 is 12.6 Å². The van der Waals surface area contributed by atoms with Gasteiger partial charge in [-0.1, -0.05) is 20.8 Å². The quantitative estimate of drug-likeness (QED) is 0.649. The van der Waals surface area contributed by atoms with Gasteiger partial charge in [0.1, 0.15) is 0 Å². The lowest BCUT2D eigenvalue weighted by Crippen LogP contribution is -2.32. The summed E-state index contributed by atoms with van der Waals surface area (Å²) in [4.78, 5) is 2.50. The SMILES string of the molecule is CCN(CCCC(C)(C)S)C(C)C. The van der Waals surface area contributed by atoms with E-state index in [0.717, 1.165) is 6.54 Å². The highest BCUT2D eigenvalue weighted by Crippen LogP contribution is 2.19. The van der Waals surface area contributed by atoms with Gasteiger partial charge in [-0.2, -0.15) is 12.6 Å². The van der Waals surface area contributed by atoms with Gasteiger partial charge in [0, 0.05) is 10.8 Å². The predicted octanol–water partition coefficient (Wildman–Crippen LogP) is 3.21. The fourth-order valence-electron chi connectivity index (χ4n) is 1.50. The second-order valence-corrected chi connectivity index (χ2v) is 5.85. The summed E-state index contributed by atoms with van der Waals surface area (Å²) in [6, 6.07) is 0.674. The molecular formula is C11H25NS. The Morgan fingerprint density at radius 3 is 2.15 bits per heavy atom. The lowest BCUT2D eigenvalue weighted by molar-refractivity contribution is 0.227. The van der Waals surface area contributed by atoms with Crippen molar-refractivity contribution in [1.82, 2.24) is 4.90 Å². The van der Waals surface area contributed by atoms with Crippen LogP contribution in [0, 0.1) is 0 Å². The highest BCUT2D eigenvalue weighted by Gasteiger charge is 2.12.